The lowest BCUT2D eigenvalue weighted by Crippen LogP contribution is -2.25. The summed E-state index contributed by atoms with van der Waals surface area (Å²) in [6.45, 7) is 3.89. The number of carbonyl (C=O) groups is 1. The first kappa shape index (κ1) is 20.4. The van der Waals surface area contributed by atoms with E-state index in [4.69, 9.17) is 5.73 Å². The van der Waals surface area contributed by atoms with E-state index >= 15 is 0 Å². The molecule has 0 aliphatic heterocycles. The van der Waals surface area contributed by atoms with Crippen molar-refractivity contribution in [1.82, 2.24) is 0 Å². The lowest BCUT2D eigenvalue weighted by Gasteiger charge is -2.08. The van der Waals surface area contributed by atoms with Gasteiger partial charge in [0.15, 0.2) is 5.96 Å². The molecule has 0 atom stereocenters. The molecule has 0 aromatic heterocycles. The molecule has 0 fully saturated rings. The van der Waals surface area contributed by atoms with E-state index in [0.29, 0.717) is 0 Å². The predicted octanol–water partition coefficient (Wildman–Crippen LogP) is 4.05. The third-order valence-electron chi connectivity index (χ3n) is 3.19. The number of carbonyl (C=O) groups excluding carboxylic acids is 1. The monoisotopic (exact) mass is 502 g/mol. The number of nitrogens with two attached hydrogens (primary N) is 1. The number of anilines is 2. The van der Waals surface area contributed by atoms with Crippen LogP contribution in [0.15, 0.2) is 51.9 Å². The summed E-state index contributed by atoms with van der Waals surface area (Å²) in [5, 5.41) is 5.77. The molecule has 24 heavy (non-hydrogen) atoms. The molecule has 0 saturated carbocycles. The summed E-state index contributed by atoms with van der Waals surface area (Å²) >= 11 is 3.38. The fraction of sp³-hybridized carbons (Fsp3) is 0.176. The largest absolute Gasteiger partial charge is 0.370 e. The lowest BCUT2D eigenvalue weighted by atomic mass is 10.2. The summed E-state index contributed by atoms with van der Waals surface area (Å²) < 4.78 is 0.905. The van der Waals surface area contributed by atoms with Crippen molar-refractivity contribution in [2.45, 2.75) is 13.8 Å². The Morgan fingerprint density at radius 1 is 1.12 bits per heavy atom. The number of hydrogen-bond donors (Lipinski definition) is 3. The van der Waals surface area contributed by atoms with Crippen LogP contribution >= 0.6 is 39.9 Å². The molecule has 0 saturated heterocycles. The maximum Gasteiger partial charge on any atom is 0.246 e. The van der Waals surface area contributed by atoms with Gasteiger partial charge in [0, 0.05) is 15.8 Å². The topological polar surface area (TPSA) is 79.5 Å². The third-order valence-corrected chi connectivity index (χ3v) is 3.68. The maximum atomic E-state index is 12.0. The number of hydrogen-bond acceptors (Lipinski definition) is 2. The molecule has 0 heterocycles. The molecule has 0 aliphatic carbocycles. The average molecular weight is 503 g/mol. The second kappa shape index (κ2) is 9.63. The van der Waals surface area contributed by atoms with Gasteiger partial charge in [-0.25, -0.2) is 4.99 Å². The van der Waals surface area contributed by atoms with Crippen LogP contribution in [0, 0.1) is 13.8 Å². The number of aryl methyl sites for hydroxylation is 2. The summed E-state index contributed by atoms with van der Waals surface area (Å²) in [5.74, 6) is -0.0187. The summed E-state index contributed by atoms with van der Waals surface area (Å²) in [7, 11) is 0. The Labute approximate surface area is 167 Å². The number of nitrogens with zero attached hydrogens (tertiary/aromatic N) is 1. The number of nitrogens with one attached hydrogen (secondary N) is 2. The molecule has 0 unspecified atom stereocenters. The van der Waals surface area contributed by atoms with Gasteiger partial charge >= 0.3 is 0 Å². The van der Waals surface area contributed by atoms with Crippen molar-refractivity contribution < 1.29 is 4.79 Å². The van der Waals surface area contributed by atoms with Crippen LogP contribution in [-0.2, 0) is 4.79 Å². The normalized spacial score (nSPS) is 10.7. The number of guanidine groups is 1. The zero-order valence-corrected chi connectivity index (χ0v) is 17.4. The minimum atomic E-state index is -0.222. The zero-order valence-electron chi connectivity index (χ0n) is 13.5. The van der Waals surface area contributed by atoms with E-state index in [1.165, 1.54) is 0 Å². The highest BCUT2D eigenvalue weighted by molar-refractivity contribution is 14.0. The summed E-state index contributed by atoms with van der Waals surface area (Å²) in [5.41, 5.74) is 9.52. The number of rotatable bonds is 4. The molecule has 2 aromatic rings. The molecule has 2 aromatic carbocycles. The number of aliphatic imine (C=N–C) groups is 1. The van der Waals surface area contributed by atoms with E-state index in [0.717, 1.165) is 27.0 Å². The Morgan fingerprint density at radius 3 is 2.46 bits per heavy atom. The maximum absolute atomic E-state index is 12.0. The predicted molar refractivity (Wildman–Crippen MR) is 114 cm³/mol. The SMILES string of the molecule is Cc1ccc(NC(N)=NCC(=O)Nc2cc(Br)ccc2C)cc1.I. The van der Waals surface area contributed by atoms with Gasteiger partial charge in [-0.3, -0.25) is 4.79 Å². The van der Waals surface area contributed by atoms with Gasteiger partial charge < -0.3 is 16.4 Å². The minimum Gasteiger partial charge on any atom is -0.370 e. The van der Waals surface area contributed by atoms with Crippen LogP contribution in [0.2, 0.25) is 0 Å². The highest BCUT2D eigenvalue weighted by Gasteiger charge is 2.05. The molecule has 5 nitrogen and oxygen atoms in total. The van der Waals surface area contributed by atoms with Crippen molar-refractivity contribution in [2.75, 3.05) is 17.2 Å². The Kier molecular flexibility index (Phi) is 8.20. The fourth-order valence-corrected chi connectivity index (χ4v) is 2.26. The van der Waals surface area contributed by atoms with Gasteiger partial charge in [-0.05, 0) is 43.7 Å². The second-order valence-electron chi connectivity index (χ2n) is 5.20. The van der Waals surface area contributed by atoms with Crippen LogP contribution in [0.5, 0.6) is 0 Å². The van der Waals surface area contributed by atoms with Gasteiger partial charge in [0.1, 0.15) is 6.54 Å². The molecular formula is C17H20BrIN4O. The molecule has 0 bridgehead atoms. The highest BCUT2D eigenvalue weighted by atomic mass is 127. The van der Waals surface area contributed by atoms with Crippen LogP contribution in [0.4, 0.5) is 11.4 Å². The van der Waals surface area contributed by atoms with Crippen molar-refractivity contribution in [3.63, 3.8) is 0 Å². The van der Waals surface area contributed by atoms with Gasteiger partial charge in [-0.1, -0.05) is 39.7 Å². The van der Waals surface area contributed by atoms with Crippen LogP contribution in [0.1, 0.15) is 11.1 Å². The van der Waals surface area contributed by atoms with Crippen LogP contribution in [-0.4, -0.2) is 18.4 Å². The van der Waals surface area contributed by atoms with E-state index in [1.807, 2.05) is 56.3 Å². The van der Waals surface area contributed by atoms with E-state index in [9.17, 15) is 4.79 Å². The Hall–Kier alpha value is -1.61. The van der Waals surface area contributed by atoms with Crippen LogP contribution < -0.4 is 16.4 Å². The van der Waals surface area contributed by atoms with E-state index in [2.05, 4.69) is 31.6 Å². The fourth-order valence-electron chi connectivity index (χ4n) is 1.90. The lowest BCUT2D eigenvalue weighted by molar-refractivity contribution is -0.114. The van der Waals surface area contributed by atoms with Crippen molar-refractivity contribution in [2.24, 2.45) is 10.7 Å². The van der Waals surface area contributed by atoms with Gasteiger partial charge in [-0.2, -0.15) is 0 Å². The van der Waals surface area contributed by atoms with Crippen molar-refractivity contribution in [3.8, 4) is 0 Å². The molecule has 128 valence electrons. The van der Waals surface area contributed by atoms with Crippen LogP contribution in [0.3, 0.4) is 0 Å². The quantitative estimate of drug-likeness (QED) is 0.335. The van der Waals surface area contributed by atoms with Gasteiger partial charge in [0.25, 0.3) is 0 Å². The molecule has 0 spiro atoms. The Bertz CT molecular complexity index is 732. The van der Waals surface area contributed by atoms with Crippen molar-refractivity contribution in [1.29, 1.82) is 0 Å². The average Bonchev–Trinajstić information content (AvgIpc) is 2.51. The zero-order chi connectivity index (χ0) is 16.8. The van der Waals surface area contributed by atoms with Gasteiger partial charge in [-0.15, -0.1) is 24.0 Å². The first-order valence-corrected chi connectivity index (χ1v) is 7.93. The number of halogens is 2. The third kappa shape index (κ3) is 6.48. The highest BCUT2D eigenvalue weighted by Crippen LogP contribution is 2.20. The first-order valence-electron chi connectivity index (χ1n) is 7.13. The standard InChI is InChI=1S/C17H19BrN4O.HI/c1-11-3-7-14(8-4-11)21-17(19)20-10-16(23)22-15-9-13(18)6-5-12(15)2;/h3-9H,10H2,1-2H3,(H,22,23)(H3,19,20,21);1H. The molecule has 4 N–H and O–H groups in total. The number of benzene rings is 2. The van der Waals surface area contributed by atoms with Gasteiger partial charge in [0.2, 0.25) is 5.91 Å². The van der Waals surface area contributed by atoms with Crippen molar-refractivity contribution >= 4 is 63.1 Å². The van der Waals surface area contributed by atoms with Crippen molar-refractivity contribution in [3.05, 3.63) is 58.1 Å². The molecule has 7 heteroatoms. The summed E-state index contributed by atoms with van der Waals surface area (Å²) in [4.78, 5) is 16.0. The Morgan fingerprint density at radius 2 is 1.79 bits per heavy atom. The van der Waals surface area contributed by atoms with Gasteiger partial charge in [0.05, 0.1) is 0 Å². The second-order valence-corrected chi connectivity index (χ2v) is 6.12. The molecule has 2 rings (SSSR count). The molecule has 0 radical (unpaired) electrons. The van der Waals surface area contributed by atoms with E-state index < -0.39 is 0 Å². The van der Waals surface area contributed by atoms with E-state index in [1.54, 1.807) is 0 Å². The smallest absolute Gasteiger partial charge is 0.246 e. The summed E-state index contributed by atoms with van der Waals surface area (Å²) in [6, 6.07) is 13.5. The Balaban J connectivity index is 0.00000288. The minimum absolute atomic E-state index is 0. The molecule has 1 amide bonds. The van der Waals surface area contributed by atoms with Crippen LogP contribution in [0.25, 0.3) is 0 Å². The summed E-state index contributed by atoms with van der Waals surface area (Å²) in [6.07, 6.45) is 0. The first-order chi connectivity index (χ1) is 10.9. The molecular weight excluding hydrogens is 483 g/mol. The van der Waals surface area contributed by atoms with E-state index in [-0.39, 0.29) is 42.4 Å². The molecule has 0 aliphatic rings. The number of amides is 1.